The summed E-state index contributed by atoms with van der Waals surface area (Å²) in [5.41, 5.74) is 1.97. The van der Waals surface area contributed by atoms with Gasteiger partial charge in [0.15, 0.2) is 0 Å². The van der Waals surface area contributed by atoms with Gasteiger partial charge in [0.05, 0.1) is 12.8 Å². The lowest BCUT2D eigenvalue weighted by atomic mass is 10.1. The smallest absolute Gasteiger partial charge is 0.428 e. The fraction of sp³-hybridized carbons (Fsp3) is 0.111. The van der Waals surface area contributed by atoms with Gasteiger partial charge in [-0.2, -0.15) is 10.1 Å². The van der Waals surface area contributed by atoms with Crippen molar-refractivity contribution >= 4 is 12.3 Å². The van der Waals surface area contributed by atoms with Crippen LogP contribution in [0.5, 0.6) is 0 Å². The SMILES string of the molecule is O=C(O)N1Cc2ccccc2C=N1. The van der Waals surface area contributed by atoms with Crippen molar-refractivity contribution in [2.75, 3.05) is 0 Å². The van der Waals surface area contributed by atoms with E-state index in [0.717, 1.165) is 16.1 Å². The van der Waals surface area contributed by atoms with E-state index < -0.39 is 6.09 Å². The Labute approximate surface area is 75.1 Å². The molecule has 4 heteroatoms. The van der Waals surface area contributed by atoms with Crippen LogP contribution in [-0.4, -0.2) is 22.4 Å². The fourth-order valence-electron chi connectivity index (χ4n) is 1.26. The monoisotopic (exact) mass is 176 g/mol. The van der Waals surface area contributed by atoms with Crippen LogP contribution in [0.25, 0.3) is 0 Å². The number of amides is 1. The molecule has 1 amide bonds. The lowest BCUT2D eigenvalue weighted by molar-refractivity contribution is 0.144. The Hall–Kier alpha value is -1.84. The molecule has 0 bridgehead atoms. The van der Waals surface area contributed by atoms with Crippen LogP contribution in [-0.2, 0) is 6.54 Å². The minimum atomic E-state index is -1.02. The Kier molecular flexibility index (Phi) is 1.73. The Morgan fingerprint density at radius 2 is 2.23 bits per heavy atom. The first kappa shape index (κ1) is 7.79. The second kappa shape index (κ2) is 2.90. The molecule has 13 heavy (non-hydrogen) atoms. The predicted molar refractivity (Wildman–Crippen MR) is 47.6 cm³/mol. The van der Waals surface area contributed by atoms with E-state index in [2.05, 4.69) is 5.10 Å². The largest absolute Gasteiger partial charge is 0.464 e. The molecule has 1 aliphatic heterocycles. The average molecular weight is 176 g/mol. The molecule has 0 aromatic heterocycles. The quantitative estimate of drug-likeness (QED) is 0.651. The van der Waals surface area contributed by atoms with Gasteiger partial charge in [0.2, 0.25) is 0 Å². The molecule has 1 aromatic carbocycles. The molecular weight excluding hydrogens is 168 g/mol. The highest BCUT2D eigenvalue weighted by molar-refractivity contribution is 5.84. The van der Waals surface area contributed by atoms with Crippen LogP contribution in [0.4, 0.5) is 4.79 Å². The molecule has 0 radical (unpaired) electrons. The van der Waals surface area contributed by atoms with E-state index in [0.29, 0.717) is 6.54 Å². The Balaban J connectivity index is 2.34. The molecule has 0 saturated heterocycles. The van der Waals surface area contributed by atoms with Gasteiger partial charge in [0, 0.05) is 0 Å². The molecule has 0 aliphatic carbocycles. The Morgan fingerprint density at radius 1 is 1.46 bits per heavy atom. The molecule has 66 valence electrons. The van der Waals surface area contributed by atoms with Gasteiger partial charge in [-0.3, -0.25) is 0 Å². The molecule has 1 heterocycles. The van der Waals surface area contributed by atoms with E-state index in [9.17, 15) is 4.79 Å². The van der Waals surface area contributed by atoms with Crippen LogP contribution in [0, 0.1) is 0 Å². The molecule has 1 aliphatic rings. The Morgan fingerprint density at radius 3 is 3.00 bits per heavy atom. The van der Waals surface area contributed by atoms with E-state index in [1.807, 2.05) is 24.3 Å². The van der Waals surface area contributed by atoms with E-state index in [1.54, 1.807) is 6.21 Å². The number of hydrazone groups is 1. The maximum absolute atomic E-state index is 10.6. The van der Waals surface area contributed by atoms with Crippen molar-refractivity contribution in [2.45, 2.75) is 6.54 Å². The van der Waals surface area contributed by atoms with E-state index >= 15 is 0 Å². The molecule has 4 nitrogen and oxygen atoms in total. The van der Waals surface area contributed by atoms with Crippen molar-refractivity contribution in [3.05, 3.63) is 35.4 Å². The molecule has 0 atom stereocenters. The number of hydrogen-bond acceptors (Lipinski definition) is 2. The summed E-state index contributed by atoms with van der Waals surface area (Å²) in [5, 5.41) is 13.5. The third-order valence-electron chi connectivity index (χ3n) is 1.93. The first-order valence-electron chi connectivity index (χ1n) is 3.90. The van der Waals surface area contributed by atoms with Gasteiger partial charge in [-0.15, -0.1) is 0 Å². The third-order valence-corrected chi connectivity index (χ3v) is 1.93. The molecule has 2 rings (SSSR count). The van der Waals surface area contributed by atoms with Gasteiger partial charge in [-0.05, 0) is 11.1 Å². The van der Waals surface area contributed by atoms with Crippen molar-refractivity contribution < 1.29 is 9.90 Å². The summed E-state index contributed by atoms with van der Waals surface area (Å²) in [6.45, 7) is 0.335. The second-order valence-corrected chi connectivity index (χ2v) is 2.78. The molecule has 0 spiro atoms. The van der Waals surface area contributed by atoms with Crippen LogP contribution in [0.1, 0.15) is 11.1 Å². The van der Waals surface area contributed by atoms with E-state index in [4.69, 9.17) is 5.11 Å². The first-order valence-corrected chi connectivity index (χ1v) is 3.90. The van der Waals surface area contributed by atoms with Crippen molar-refractivity contribution in [1.82, 2.24) is 5.01 Å². The zero-order valence-corrected chi connectivity index (χ0v) is 6.84. The predicted octanol–water partition coefficient (Wildman–Crippen LogP) is 1.51. The summed E-state index contributed by atoms with van der Waals surface area (Å²) in [6.07, 6.45) is 0.540. The number of nitrogens with zero attached hydrogens (tertiary/aromatic N) is 2. The number of carboxylic acid groups (broad SMARTS) is 1. The summed E-state index contributed by atoms with van der Waals surface area (Å²) < 4.78 is 0. The highest BCUT2D eigenvalue weighted by atomic mass is 16.4. The van der Waals surface area contributed by atoms with Gasteiger partial charge >= 0.3 is 6.09 Å². The fourth-order valence-corrected chi connectivity index (χ4v) is 1.26. The maximum atomic E-state index is 10.6. The number of hydrogen-bond donors (Lipinski definition) is 1. The molecule has 1 N–H and O–H groups in total. The van der Waals surface area contributed by atoms with Gasteiger partial charge in [0.25, 0.3) is 0 Å². The zero-order chi connectivity index (χ0) is 9.26. The highest BCUT2D eigenvalue weighted by Crippen LogP contribution is 2.14. The van der Waals surface area contributed by atoms with Gasteiger partial charge in [0.1, 0.15) is 0 Å². The third kappa shape index (κ3) is 1.38. The molecular formula is C9H8N2O2. The molecule has 1 aromatic rings. The summed E-state index contributed by atoms with van der Waals surface area (Å²) in [6, 6.07) is 7.60. The van der Waals surface area contributed by atoms with Crippen LogP contribution >= 0.6 is 0 Å². The van der Waals surface area contributed by atoms with E-state index in [-0.39, 0.29) is 0 Å². The summed E-state index contributed by atoms with van der Waals surface area (Å²) in [5.74, 6) is 0. The average Bonchev–Trinajstić information content (AvgIpc) is 2.17. The topological polar surface area (TPSA) is 52.9 Å². The molecule has 0 unspecified atom stereocenters. The van der Waals surface area contributed by atoms with Crippen molar-refractivity contribution in [2.24, 2.45) is 5.10 Å². The summed E-state index contributed by atoms with van der Waals surface area (Å²) in [7, 11) is 0. The van der Waals surface area contributed by atoms with Gasteiger partial charge in [-0.1, -0.05) is 24.3 Å². The minimum Gasteiger partial charge on any atom is -0.464 e. The normalized spacial score (nSPS) is 14.0. The maximum Gasteiger partial charge on any atom is 0.428 e. The van der Waals surface area contributed by atoms with E-state index in [1.165, 1.54) is 0 Å². The van der Waals surface area contributed by atoms with Crippen molar-refractivity contribution in [3.8, 4) is 0 Å². The lowest BCUT2D eigenvalue weighted by Crippen LogP contribution is -2.26. The number of fused-ring (bicyclic) bond motifs is 1. The van der Waals surface area contributed by atoms with Crippen molar-refractivity contribution in [1.29, 1.82) is 0 Å². The summed E-state index contributed by atoms with van der Waals surface area (Å²) in [4.78, 5) is 10.6. The molecule has 0 fully saturated rings. The Bertz CT molecular complexity index is 374. The number of carbonyl (C=O) groups is 1. The van der Waals surface area contributed by atoms with Crippen LogP contribution in [0.3, 0.4) is 0 Å². The second-order valence-electron chi connectivity index (χ2n) is 2.78. The van der Waals surface area contributed by atoms with Crippen LogP contribution < -0.4 is 0 Å². The number of benzene rings is 1. The number of rotatable bonds is 0. The standard InChI is InChI=1S/C9H8N2O2/c12-9(13)11-6-8-4-2-1-3-7(8)5-10-11/h1-5H,6H2,(H,12,13). The zero-order valence-electron chi connectivity index (χ0n) is 6.84. The first-order chi connectivity index (χ1) is 6.27. The highest BCUT2D eigenvalue weighted by Gasteiger charge is 2.15. The van der Waals surface area contributed by atoms with Crippen molar-refractivity contribution in [3.63, 3.8) is 0 Å². The van der Waals surface area contributed by atoms with Crippen LogP contribution in [0.2, 0.25) is 0 Å². The summed E-state index contributed by atoms with van der Waals surface area (Å²) >= 11 is 0. The van der Waals surface area contributed by atoms with Gasteiger partial charge in [-0.25, -0.2) is 4.79 Å². The minimum absolute atomic E-state index is 0.335. The van der Waals surface area contributed by atoms with Crippen LogP contribution in [0.15, 0.2) is 29.4 Å². The van der Waals surface area contributed by atoms with Gasteiger partial charge < -0.3 is 5.11 Å². The lowest BCUT2D eigenvalue weighted by Gasteiger charge is -2.18. The molecule has 0 saturated carbocycles.